The third-order valence-corrected chi connectivity index (χ3v) is 4.42. The number of sulfone groups is 1. The number of hydrogen-bond acceptors (Lipinski definition) is 5. The minimum Gasteiger partial charge on any atom is -0.464 e. The average Bonchev–Trinajstić information content (AvgIpc) is 2.14. The Bertz CT molecular complexity index is 646. The molecule has 0 radical (unpaired) electrons. The Hall–Kier alpha value is -1.61. The third kappa shape index (κ3) is 3.17. The molecule has 0 saturated carbocycles. The largest absolute Gasteiger partial charge is 0.464 e. The van der Waals surface area contributed by atoms with E-state index >= 15 is 0 Å². The van der Waals surface area contributed by atoms with Gasteiger partial charge in [0.1, 0.15) is 4.90 Å². The zero-order chi connectivity index (χ0) is 13.3. The Morgan fingerprint density at radius 1 is 1.12 bits per heavy atom. The lowest BCUT2D eigenvalue weighted by molar-refractivity contribution is 0.201. The first kappa shape index (κ1) is 13.5. The summed E-state index contributed by atoms with van der Waals surface area (Å²) in [5.41, 5.74) is 0. The van der Waals surface area contributed by atoms with E-state index in [-0.39, 0.29) is 0 Å². The van der Waals surface area contributed by atoms with Crippen LogP contribution < -0.4 is 4.72 Å². The van der Waals surface area contributed by atoms with Crippen LogP contribution in [0.4, 0.5) is 4.79 Å². The van der Waals surface area contributed by atoms with Crippen molar-refractivity contribution in [3.8, 4) is 0 Å². The normalized spacial score (nSPS) is 12.1. The number of hydrogen-bond donors (Lipinski definition) is 2. The lowest BCUT2D eigenvalue weighted by Gasteiger charge is -2.07. The summed E-state index contributed by atoms with van der Waals surface area (Å²) in [6.45, 7) is 0. The first-order valence-electron chi connectivity index (χ1n) is 4.19. The van der Waals surface area contributed by atoms with Crippen LogP contribution in [0.1, 0.15) is 0 Å². The Morgan fingerprint density at radius 3 is 2.00 bits per heavy atom. The Labute approximate surface area is 98.1 Å². The molecule has 0 aliphatic heterocycles. The van der Waals surface area contributed by atoms with Crippen LogP contribution in [0.15, 0.2) is 34.1 Å². The standard InChI is InChI=1S/C8H9NO6S2/c1-16(12,13)6-4-2-3-5-7(6)17(14,15)9-8(10)11/h2-5,9H,1H3,(H,10,11). The number of nitrogens with one attached hydrogen (secondary N) is 1. The van der Waals surface area contributed by atoms with Crippen molar-refractivity contribution in [2.45, 2.75) is 9.79 Å². The number of rotatable bonds is 3. The molecular weight excluding hydrogens is 270 g/mol. The molecule has 1 aromatic carbocycles. The van der Waals surface area contributed by atoms with Crippen molar-refractivity contribution in [2.75, 3.05) is 6.26 Å². The maximum absolute atomic E-state index is 11.6. The average molecular weight is 279 g/mol. The zero-order valence-electron chi connectivity index (χ0n) is 8.61. The molecule has 1 aromatic rings. The lowest BCUT2D eigenvalue weighted by atomic mass is 10.4. The van der Waals surface area contributed by atoms with Crippen LogP contribution in [0.3, 0.4) is 0 Å². The first-order chi connectivity index (χ1) is 7.64. The quantitative estimate of drug-likeness (QED) is 0.807. The lowest BCUT2D eigenvalue weighted by Crippen LogP contribution is -2.29. The summed E-state index contributed by atoms with van der Waals surface area (Å²) < 4.78 is 47.1. The molecule has 1 rings (SSSR count). The predicted octanol–water partition coefficient (Wildman–Crippen LogP) is 0.0464. The van der Waals surface area contributed by atoms with Gasteiger partial charge < -0.3 is 5.11 Å². The number of benzene rings is 1. The number of carboxylic acid groups (broad SMARTS) is 1. The molecule has 0 aromatic heterocycles. The summed E-state index contributed by atoms with van der Waals surface area (Å²) in [5, 5.41) is 8.36. The molecule has 0 saturated heterocycles. The molecule has 7 nitrogen and oxygen atoms in total. The van der Waals surface area contributed by atoms with Gasteiger partial charge in [0.05, 0.1) is 4.90 Å². The van der Waals surface area contributed by atoms with Crippen molar-refractivity contribution in [1.82, 2.24) is 4.72 Å². The maximum Gasteiger partial charge on any atom is 0.418 e. The molecule has 9 heteroatoms. The zero-order valence-corrected chi connectivity index (χ0v) is 10.2. The van der Waals surface area contributed by atoms with Crippen LogP contribution in [-0.2, 0) is 19.9 Å². The van der Waals surface area contributed by atoms with Crippen LogP contribution in [0.5, 0.6) is 0 Å². The highest BCUT2D eigenvalue weighted by molar-refractivity contribution is 7.93. The summed E-state index contributed by atoms with van der Waals surface area (Å²) in [6.07, 6.45) is -0.949. The molecule has 0 spiro atoms. The number of carbonyl (C=O) groups is 1. The van der Waals surface area contributed by atoms with Gasteiger partial charge in [-0.25, -0.2) is 26.4 Å². The molecule has 0 aliphatic rings. The molecule has 2 N–H and O–H groups in total. The molecule has 1 amide bonds. The second kappa shape index (κ2) is 4.34. The fourth-order valence-corrected chi connectivity index (χ4v) is 3.62. The van der Waals surface area contributed by atoms with Crippen molar-refractivity contribution in [2.24, 2.45) is 0 Å². The van der Waals surface area contributed by atoms with Gasteiger partial charge in [0.2, 0.25) is 0 Å². The summed E-state index contributed by atoms with van der Waals surface area (Å²) in [6, 6.07) is 4.74. The molecule has 0 heterocycles. The predicted molar refractivity (Wildman–Crippen MR) is 57.9 cm³/mol. The van der Waals surface area contributed by atoms with Crippen LogP contribution >= 0.6 is 0 Å². The van der Waals surface area contributed by atoms with Gasteiger partial charge in [0, 0.05) is 6.26 Å². The van der Waals surface area contributed by atoms with Crippen molar-refractivity contribution >= 4 is 26.0 Å². The van der Waals surface area contributed by atoms with Crippen molar-refractivity contribution in [3.05, 3.63) is 24.3 Å². The van der Waals surface area contributed by atoms with E-state index in [1.54, 1.807) is 0 Å². The molecule has 0 bridgehead atoms. The molecule has 17 heavy (non-hydrogen) atoms. The van der Waals surface area contributed by atoms with Gasteiger partial charge in [-0.1, -0.05) is 12.1 Å². The van der Waals surface area contributed by atoms with E-state index in [4.69, 9.17) is 5.11 Å². The number of sulfonamides is 1. The fraction of sp³-hybridized carbons (Fsp3) is 0.125. The van der Waals surface area contributed by atoms with Crippen LogP contribution in [0.2, 0.25) is 0 Å². The molecule has 0 aliphatic carbocycles. The minimum absolute atomic E-state index is 0.450. The second-order valence-electron chi connectivity index (χ2n) is 3.13. The van der Waals surface area contributed by atoms with Crippen LogP contribution in [0, 0.1) is 0 Å². The molecule has 94 valence electrons. The van der Waals surface area contributed by atoms with Gasteiger partial charge in [-0.05, 0) is 12.1 Å². The van der Waals surface area contributed by atoms with Crippen molar-refractivity contribution < 1.29 is 26.7 Å². The fourth-order valence-electron chi connectivity index (χ4n) is 1.15. The highest BCUT2D eigenvalue weighted by Crippen LogP contribution is 2.20. The Kier molecular flexibility index (Phi) is 3.43. The summed E-state index contributed by atoms with van der Waals surface area (Å²) in [4.78, 5) is 9.27. The minimum atomic E-state index is -4.40. The van der Waals surface area contributed by atoms with E-state index in [1.165, 1.54) is 16.9 Å². The van der Waals surface area contributed by atoms with Gasteiger partial charge in [-0.3, -0.25) is 0 Å². The van der Waals surface area contributed by atoms with Crippen LogP contribution in [0.25, 0.3) is 0 Å². The van der Waals surface area contributed by atoms with E-state index in [1.807, 2.05) is 0 Å². The van der Waals surface area contributed by atoms with E-state index in [0.29, 0.717) is 0 Å². The van der Waals surface area contributed by atoms with E-state index in [2.05, 4.69) is 0 Å². The SMILES string of the molecule is CS(=O)(=O)c1ccccc1S(=O)(=O)NC(=O)O. The summed E-state index contributed by atoms with van der Waals surface area (Å²) in [5.74, 6) is 0. The topological polar surface area (TPSA) is 118 Å². The van der Waals surface area contributed by atoms with Gasteiger partial charge in [-0.2, -0.15) is 0 Å². The summed E-state index contributed by atoms with van der Waals surface area (Å²) in [7, 11) is -8.17. The molecule has 0 unspecified atom stereocenters. The highest BCUT2D eigenvalue weighted by atomic mass is 32.2. The first-order valence-corrected chi connectivity index (χ1v) is 7.57. The van der Waals surface area contributed by atoms with E-state index < -0.39 is 35.7 Å². The third-order valence-electron chi connectivity index (χ3n) is 1.76. The van der Waals surface area contributed by atoms with Gasteiger partial charge in [-0.15, -0.1) is 0 Å². The smallest absolute Gasteiger partial charge is 0.418 e. The number of amides is 1. The van der Waals surface area contributed by atoms with Gasteiger partial charge in [0.15, 0.2) is 9.84 Å². The van der Waals surface area contributed by atoms with E-state index in [0.717, 1.165) is 18.4 Å². The van der Waals surface area contributed by atoms with Crippen LogP contribution in [-0.4, -0.2) is 34.3 Å². The Morgan fingerprint density at radius 2 is 1.59 bits per heavy atom. The highest BCUT2D eigenvalue weighted by Gasteiger charge is 2.24. The second-order valence-corrected chi connectivity index (χ2v) is 6.76. The molecular formula is C8H9NO6S2. The van der Waals surface area contributed by atoms with Gasteiger partial charge in [0.25, 0.3) is 10.0 Å². The molecule has 0 fully saturated rings. The maximum atomic E-state index is 11.6. The van der Waals surface area contributed by atoms with E-state index in [9.17, 15) is 21.6 Å². The van der Waals surface area contributed by atoms with Crippen molar-refractivity contribution in [1.29, 1.82) is 0 Å². The summed E-state index contributed by atoms with van der Waals surface area (Å²) >= 11 is 0. The monoisotopic (exact) mass is 279 g/mol. The van der Waals surface area contributed by atoms with Crippen molar-refractivity contribution in [3.63, 3.8) is 0 Å². The Balaban J connectivity index is 3.48. The van der Waals surface area contributed by atoms with Gasteiger partial charge >= 0.3 is 6.09 Å². The molecule has 0 atom stereocenters.